The van der Waals surface area contributed by atoms with Crippen LogP contribution >= 0.6 is 0 Å². The van der Waals surface area contributed by atoms with Crippen molar-refractivity contribution in [3.8, 4) is 5.75 Å². The van der Waals surface area contributed by atoms with Crippen LogP contribution < -0.4 is 10.5 Å². The Morgan fingerprint density at radius 3 is 2.60 bits per heavy atom. The molecule has 1 rings (SSSR count). The minimum Gasteiger partial charge on any atom is -0.496 e. The van der Waals surface area contributed by atoms with E-state index in [-0.39, 0.29) is 16.9 Å². The largest absolute Gasteiger partial charge is 0.496 e. The summed E-state index contributed by atoms with van der Waals surface area (Å²) in [5.74, 6) is -0.712. The molecule has 0 saturated heterocycles. The predicted octanol–water partition coefficient (Wildman–Crippen LogP) is 1.44. The number of methoxy groups -OCH3 is 1. The van der Waals surface area contributed by atoms with E-state index >= 15 is 0 Å². The van der Waals surface area contributed by atoms with Crippen LogP contribution in [0.3, 0.4) is 0 Å². The summed E-state index contributed by atoms with van der Waals surface area (Å²) in [6.45, 7) is 1.40. The van der Waals surface area contributed by atoms with Crippen LogP contribution in [0, 0.1) is 6.92 Å². The lowest BCUT2D eigenvalue weighted by atomic mass is 10.1. The molecule has 1 aromatic heterocycles. The molecule has 82 valence electrons. The van der Waals surface area contributed by atoms with E-state index < -0.39 is 18.0 Å². The maximum atomic E-state index is 12.4. The van der Waals surface area contributed by atoms with Gasteiger partial charge in [-0.05, 0) is 6.92 Å². The molecule has 0 aliphatic heterocycles. The third-order valence-electron chi connectivity index (χ3n) is 1.98. The van der Waals surface area contributed by atoms with Crippen molar-refractivity contribution >= 4 is 5.91 Å². The van der Waals surface area contributed by atoms with Crippen molar-refractivity contribution < 1.29 is 18.3 Å². The molecule has 0 radical (unpaired) electrons. The van der Waals surface area contributed by atoms with Crippen LogP contribution in [0.1, 0.15) is 28.0 Å². The van der Waals surface area contributed by atoms with Gasteiger partial charge in [0, 0.05) is 11.8 Å². The normalized spacial score (nSPS) is 10.5. The number of hydrogen-bond donors (Lipinski definition) is 1. The number of amides is 1. The van der Waals surface area contributed by atoms with Gasteiger partial charge in [0.2, 0.25) is 0 Å². The quantitative estimate of drug-likeness (QED) is 0.831. The highest BCUT2D eigenvalue weighted by molar-refractivity contribution is 5.95. The maximum absolute atomic E-state index is 12.4. The smallest absolute Gasteiger partial charge is 0.280 e. The van der Waals surface area contributed by atoms with Gasteiger partial charge < -0.3 is 10.5 Å². The molecule has 0 bridgehead atoms. The number of ether oxygens (including phenoxy) is 1. The first-order chi connectivity index (χ1) is 6.99. The Morgan fingerprint density at radius 2 is 2.20 bits per heavy atom. The minimum atomic E-state index is -2.71. The van der Waals surface area contributed by atoms with E-state index in [9.17, 15) is 13.6 Å². The van der Waals surface area contributed by atoms with E-state index in [4.69, 9.17) is 10.5 Å². The first-order valence-corrected chi connectivity index (χ1v) is 4.10. The second kappa shape index (κ2) is 4.20. The van der Waals surface area contributed by atoms with E-state index in [2.05, 4.69) is 4.98 Å². The zero-order valence-corrected chi connectivity index (χ0v) is 8.25. The number of nitrogens with two attached hydrogens (primary N) is 1. The number of primary amides is 1. The van der Waals surface area contributed by atoms with Crippen LogP contribution in [-0.2, 0) is 0 Å². The highest BCUT2D eigenvalue weighted by atomic mass is 19.3. The van der Waals surface area contributed by atoms with E-state index in [1.807, 2.05) is 0 Å². The van der Waals surface area contributed by atoms with Gasteiger partial charge in [0.25, 0.3) is 12.3 Å². The molecule has 0 atom stereocenters. The maximum Gasteiger partial charge on any atom is 0.280 e. The average molecular weight is 216 g/mol. The molecule has 0 fully saturated rings. The zero-order chi connectivity index (χ0) is 11.6. The highest BCUT2D eigenvalue weighted by Crippen LogP contribution is 2.29. The SMILES string of the molecule is COc1c(C(N)=O)cnc(C(F)F)c1C. The lowest BCUT2D eigenvalue weighted by molar-refractivity contribution is 0.0995. The van der Waals surface area contributed by atoms with Crippen LogP contribution in [0.4, 0.5) is 8.78 Å². The van der Waals surface area contributed by atoms with Gasteiger partial charge in [-0.2, -0.15) is 0 Å². The van der Waals surface area contributed by atoms with Crippen molar-refractivity contribution in [2.24, 2.45) is 5.73 Å². The number of nitrogens with zero attached hydrogens (tertiary/aromatic N) is 1. The third-order valence-corrected chi connectivity index (χ3v) is 1.98. The van der Waals surface area contributed by atoms with Crippen LogP contribution in [0.5, 0.6) is 5.75 Å². The van der Waals surface area contributed by atoms with Gasteiger partial charge in [-0.15, -0.1) is 0 Å². The van der Waals surface area contributed by atoms with E-state index in [1.165, 1.54) is 14.0 Å². The molecule has 1 heterocycles. The Kier molecular flexibility index (Phi) is 3.18. The molecule has 15 heavy (non-hydrogen) atoms. The summed E-state index contributed by atoms with van der Waals surface area (Å²) in [6, 6.07) is 0. The van der Waals surface area contributed by atoms with E-state index in [0.29, 0.717) is 0 Å². The second-order valence-corrected chi connectivity index (χ2v) is 2.88. The summed E-state index contributed by atoms with van der Waals surface area (Å²) in [5, 5.41) is 0. The number of rotatable bonds is 3. The second-order valence-electron chi connectivity index (χ2n) is 2.88. The summed E-state index contributed by atoms with van der Waals surface area (Å²) in [7, 11) is 1.28. The van der Waals surface area contributed by atoms with Gasteiger partial charge in [0.1, 0.15) is 11.4 Å². The Labute approximate surface area is 85.1 Å². The van der Waals surface area contributed by atoms with Crippen LogP contribution in [0.2, 0.25) is 0 Å². The molecule has 0 aliphatic carbocycles. The van der Waals surface area contributed by atoms with Gasteiger partial charge in [-0.3, -0.25) is 9.78 Å². The number of aromatic nitrogens is 1. The van der Waals surface area contributed by atoms with Crippen molar-refractivity contribution in [2.45, 2.75) is 13.3 Å². The summed E-state index contributed by atoms with van der Waals surface area (Å²) < 4.78 is 29.7. The zero-order valence-electron chi connectivity index (χ0n) is 8.25. The summed E-state index contributed by atoms with van der Waals surface area (Å²) in [5.41, 5.74) is 4.76. The van der Waals surface area contributed by atoms with Crippen molar-refractivity contribution in [1.82, 2.24) is 4.98 Å². The molecular formula is C9H10F2N2O2. The Bertz CT molecular complexity index is 394. The first-order valence-electron chi connectivity index (χ1n) is 4.10. The van der Waals surface area contributed by atoms with Crippen LogP contribution in [-0.4, -0.2) is 18.0 Å². The predicted molar refractivity (Wildman–Crippen MR) is 49.0 cm³/mol. The lowest BCUT2D eigenvalue weighted by Gasteiger charge is -2.11. The minimum absolute atomic E-state index is 0.000556. The van der Waals surface area contributed by atoms with Gasteiger partial charge in [-0.25, -0.2) is 8.78 Å². The number of carbonyl (C=O) groups excluding carboxylic acids is 1. The number of hydrogen-bond acceptors (Lipinski definition) is 3. The topological polar surface area (TPSA) is 65.2 Å². The van der Waals surface area contributed by atoms with Gasteiger partial charge in [-0.1, -0.05) is 0 Å². The molecular weight excluding hydrogens is 206 g/mol. The van der Waals surface area contributed by atoms with Crippen LogP contribution in [0.15, 0.2) is 6.20 Å². The molecule has 0 unspecified atom stereocenters. The molecule has 0 aromatic carbocycles. The highest BCUT2D eigenvalue weighted by Gasteiger charge is 2.20. The average Bonchev–Trinajstić information content (AvgIpc) is 2.16. The molecule has 0 aliphatic rings. The van der Waals surface area contributed by atoms with Crippen LogP contribution in [0.25, 0.3) is 0 Å². The van der Waals surface area contributed by atoms with Crippen molar-refractivity contribution in [3.63, 3.8) is 0 Å². The molecule has 6 heteroatoms. The lowest BCUT2D eigenvalue weighted by Crippen LogP contribution is -2.14. The Morgan fingerprint density at radius 1 is 1.60 bits per heavy atom. The first kappa shape index (κ1) is 11.4. The van der Waals surface area contributed by atoms with E-state index in [1.54, 1.807) is 0 Å². The number of carbonyl (C=O) groups is 1. The van der Waals surface area contributed by atoms with Gasteiger partial charge >= 0.3 is 0 Å². The summed E-state index contributed by atoms with van der Waals surface area (Å²) >= 11 is 0. The van der Waals surface area contributed by atoms with E-state index in [0.717, 1.165) is 6.20 Å². The van der Waals surface area contributed by atoms with Crippen molar-refractivity contribution in [3.05, 3.63) is 23.0 Å². The van der Waals surface area contributed by atoms with Gasteiger partial charge in [0.15, 0.2) is 0 Å². The van der Waals surface area contributed by atoms with Crippen molar-refractivity contribution in [1.29, 1.82) is 0 Å². The summed E-state index contributed by atoms with van der Waals surface area (Å²) in [6.07, 6.45) is -1.71. The standard InChI is InChI=1S/C9H10F2N2O2/c1-4-6(8(10)11)13-3-5(9(12)14)7(4)15-2/h3,8H,1-2H3,(H2,12,14). The molecule has 1 aromatic rings. The fourth-order valence-corrected chi connectivity index (χ4v) is 1.27. The number of alkyl halides is 2. The Hall–Kier alpha value is -1.72. The molecule has 1 amide bonds. The fourth-order valence-electron chi connectivity index (χ4n) is 1.27. The number of pyridine rings is 1. The Balaban J connectivity index is 3.39. The fraction of sp³-hybridized carbons (Fsp3) is 0.333. The molecule has 0 spiro atoms. The third kappa shape index (κ3) is 2.03. The monoisotopic (exact) mass is 216 g/mol. The number of halogens is 2. The molecule has 2 N–H and O–H groups in total. The molecule has 0 saturated carbocycles. The van der Waals surface area contributed by atoms with Crippen molar-refractivity contribution in [2.75, 3.05) is 7.11 Å². The van der Waals surface area contributed by atoms with Gasteiger partial charge in [0.05, 0.1) is 12.7 Å². The summed E-state index contributed by atoms with van der Waals surface area (Å²) in [4.78, 5) is 14.4. The molecule has 4 nitrogen and oxygen atoms in total.